The Labute approximate surface area is 102 Å². The van der Waals surface area contributed by atoms with Gasteiger partial charge in [0.15, 0.2) is 0 Å². The Bertz CT molecular complexity index is 433. The predicted molar refractivity (Wildman–Crippen MR) is 65.7 cm³/mol. The van der Waals surface area contributed by atoms with Crippen molar-refractivity contribution in [1.29, 1.82) is 5.26 Å². The lowest BCUT2D eigenvalue weighted by Crippen LogP contribution is -2.30. The molecule has 1 aromatic heterocycles. The van der Waals surface area contributed by atoms with Gasteiger partial charge in [0.05, 0.1) is 17.7 Å². The molecule has 2 heterocycles. The molecule has 0 bridgehead atoms. The molecule has 0 saturated carbocycles. The van der Waals surface area contributed by atoms with Gasteiger partial charge in [-0.3, -0.25) is 0 Å². The molecule has 2 unspecified atom stereocenters. The Morgan fingerprint density at radius 2 is 2.41 bits per heavy atom. The van der Waals surface area contributed by atoms with Gasteiger partial charge in [0.25, 0.3) is 0 Å². The first-order valence-electron chi connectivity index (χ1n) is 5.96. The second-order valence-corrected chi connectivity index (χ2v) is 4.45. The summed E-state index contributed by atoms with van der Waals surface area (Å²) in [5.41, 5.74) is 1.49. The van der Waals surface area contributed by atoms with Crippen LogP contribution >= 0.6 is 0 Å². The number of aryl methyl sites for hydroxylation is 1. The van der Waals surface area contributed by atoms with Crippen LogP contribution in [0.15, 0.2) is 12.1 Å². The second-order valence-electron chi connectivity index (χ2n) is 4.45. The number of aromatic nitrogens is 1. The quantitative estimate of drug-likeness (QED) is 0.866. The third-order valence-electron chi connectivity index (χ3n) is 3.04. The van der Waals surface area contributed by atoms with E-state index in [1.165, 1.54) is 0 Å². The van der Waals surface area contributed by atoms with Crippen LogP contribution in [-0.2, 0) is 4.74 Å². The summed E-state index contributed by atoms with van der Waals surface area (Å²) >= 11 is 0. The van der Waals surface area contributed by atoms with Crippen LogP contribution in [0.25, 0.3) is 0 Å². The highest BCUT2D eigenvalue weighted by atomic mass is 16.5. The average Bonchev–Trinajstić information content (AvgIpc) is 2.83. The van der Waals surface area contributed by atoms with Gasteiger partial charge >= 0.3 is 0 Å². The van der Waals surface area contributed by atoms with Gasteiger partial charge in [0.2, 0.25) is 0 Å². The van der Waals surface area contributed by atoms with Crippen molar-refractivity contribution in [1.82, 2.24) is 4.98 Å². The number of anilines is 1. The lowest BCUT2D eigenvalue weighted by molar-refractivity contribution is 0.0995. The Kier molecular flexibility index (Phi) is 3.60. The van der Waals surface area contributed by atoms with Crippen LogP contribution in [0.5, 0.6) is 0 Å². The van der Waals surface area contributed by atoms with Crippen LogP contribution in [0.2, 0.25) is 0 Å². The van der Waals surface area contributed by atoms with Crippen molar-refractivity contribution < 1.29 is 4.74 Å². The first kappa shape index (κ1) is 11.9. The topological polar surface area (TPSA) is 57.9 Å². The van der Waals surface area contributed by atoms with Crippen molar-refractivity contribution in [2.75, 3.05) is 11.9 Å². The summed E-state index contributed by atoms with van der Waals surface area (Å²) in [4.78, 5) is 4.37. The van der Waals surface area contributed by atoms with Crippen molar-refractivity contribution in [3.8, 4) is 6.07 Å². The van der Waals surface area contributed by atoms with Gasteiger partial charge in [-0.1, -0.05) is 0 Å². The van der Waals surface area contributed by atoms with Crippen LogP contribution in [0, 0.1) is 18.3 Å². The number of hydrogen-bond donors (Lipinski definition) is 1. The highest BCUT2D eigenvalue weighted by molar-refractivity contribution is 5.52. The highest BCUT2D eigenvalue weighted by Crippen LogP contribution is 2.20. The summed E-state index contributed by atoms with van der Waals surface area (Å²) in [5.74, 6) is 0.663. The van der Waals surface area contributed by atoms with Gasteiger partial charge in [-0.25, -0.2) is 4.98 Å². The number of hydrogen-bond acceptors (Lipinski definition) is 4. The summed E-state index contributed by atoms with van der Waals surface area (Å²) in [6, 6.07) is 5.98. The van der Waals surface area contributed by atoms with Gasteiger partial charge in [-0.05, 0) is 38.8 Å². The molecule has 1 aliphatic rings. The van der Waals surface area contributed by atoms with E-state index in [0.29, 0.717) is 11.4 Å². The molecule has 0 aromatic carbocycles. The number of nitriles is 1. The molecule has 1 fully saturated rings. The van der Waals surface area contributed by atoms with Gasteiger partial charge < -0.3 is 10.1 Å². The standard InChI is InChI=1S/C13H17N3O/c1-9-5-6-11(8-14)13(15-9)16-10(2)12-4-3-7-17-12/h5-6,10,12H,3-4,7H2,1-2H3,(H,15,16). The first-order chi connectivity index (χ1) is 8.20. The van der Waals surface area contributed by atoms with E-state index in [2.05, 4.69) is 23.3 Å². The molecule has 17 heavy (non-hydrogen) atoms. The van der Waals surface area contributed by atoms with Crippen molar-refractivity contribution in [2.24, 2.45) is 0 Å². The summed E-state index contributed by atoms with van der Waals surface area (Å²) in [6.07, 6.45) is 2.41. The van der Waals surface area contributed by atoms with Crippen molar-refractivity contribution >= 4 is 5.82 Å². The minimum Gasteiger partial charge on any atom is -0.376 e. The largest absolute Gasteiger partial charge is 0.376 e. The Morgan fingerprint density at radius 1 is 1.59 bits per heavy atom. The van der Waals surface area contributed by atoms with Gasteiger partial charge in [-0.2, -0.15) is 5.26 Å². The molecule has 0 radical (unpaired) electrons. The van der Waals surface area contributed by atoms with Gasteiger partial charge in [0, 0.05) is 12.3 Å². The molecule has 1 aromatic rings. The third kappa shape index (κ3) is 2.75. The van der Waals surface area contributed by atoms with Crippen molar-refractivity contribution in [3.63, 3.8) is 0 Å². The Balaban J connectivity index is 2.11. The van der Waals surface area contributed by atoms with Crippen LogP contribution in [0.1, 0.15) is 31.0 Å². The molecule has 0 spiro atoms. The van der Waals surface area contributed by atoms with Crippen molar-refractivity contribution in [3.05, 3.63) is 23.4 Å². The predicted octanol–water partition coefficient (Wildman–Crippen LogP) is 2.24. The number of pyridine rings is 1. The van der Waals surface area contributed by atoms with Gasteiger partial charge in [-0.15, -0.1) is 0 Å². The minimum atomic E-state index is 0.180. The van der Waals surface area contributed by atoms with Crippen LogP contribution in [0.4, 0.5) is 5.82 Å². The van der Waals surface area contributed by atoms with E-state index >= 15 is 0 Å². The fourth-order valence-electron chi connectivity index (χ4n) is 2.06. The summed E-state index contributed by atoms with van der Waals surface area (Å²) < 4.78 is 5.62. The van der Waals surface area contributed by atoms with E-state index in [9.17, 15) is 0 Å². The molecule has 1 aliphatic heterocycles. The maximum atomic E-state index is 9.03. The molecule has 4 nitrogen and oxygen atoms in total. The molecular weight excluding hydrogens is 214 g/mol. The van der Waals surface area contributed by atoms with Gasteiger partial charge in [0.1, 0.15) is 11.9 Å². The zero-order valence-electron chi connectivity index (χ0n) is 10.2. The maximum Gasteiger partial charge on any atom is 0.144 e. The van der Waals surface area contributed by atoms with Crippen LogP contribution in [-0.4, -0.2) is 23.7 Å². The van der Waals surface area contributed by atoms with E-state index in [1.807, 2.05) is 13.0 Å². The summed E-state index contributed by atoms with van der Waals surface area (Å²) in [6.45, 7) is 4.83. The van der Waals surface area contributed by atoms with E-state index in [1.54, 1.807) is 6.07 Å². The first-order valence-corrected chi connectivity index (χ1v) is 5.96. The highest BCUT2D eigenvalue weighted by Gasteiger charge is 2.23. The lowest BCUT2D eigenvalue weighted by atomic mass is 10.1. The Hall–Kier alpha value is -1.60. The zero-order valence-corrected chi connectivity index (χ0v) is 10.2. The van der Waals surface area contributed by atoms with Crippen LogP contribution in [0.3, 0.4) is 0 Å². The monoisotopic (exact) mass is 231 g/mol. The fourth-order valence-corrected chi connectivity index (χ4v) is 2.06. The number of ether oxygens (including phenoxy) is 1. The molecule has 2 rings (SSSR count). The van der Waals surface area contributed by atoms with E-state index < -0.39 is 0 Å². The normalized spacial score (nSPS) is 20.9. The molecular formula is C13H17N3O. The maximum absolute atomic E-state index is 9.03. The fraction of sp³-hybridized carbons (Fsp3) is 0.538. The molecule has 2 atom stereocenters. The molecule has 4 heteroatoms. The molecule has 0 amide bonds. The van der Waals surface area contributed by atoms with Crippen molar-refractivity contribution in [2.45, 2.75) is 38.8 Å². The average molecular weight is 231 g/mol. The minimum absolute atomic E-state index is 0.180. The van der Waals surface area contributed by atoms with E-state index in [-0.39, 0.29) is 12.1 Å². The summed E-state index contributed by atoms with van der Waals surface area (Å²) in [5, 5.41) is 12.3. The number of nitrogens with one attached hydrogen (secondary N) is 1. The molecule has 1 saturated heterocycles. The third-order valence-corrected chi connectivity index (χ3v) is 3.04. The molecule has 90 valence electrons. The zero-order chi connectivity index (χ0) is 12.3. The van der Waals surface area contributed by atoms with E-state index in [4.69, 9.17) is 10.00 Å². The smallest absolute Gasteiger partial charge is 0.144 e. The lowest BCUT2D eigenvalue weighted by Gasteiger charge is -2.21. The Morgan fingerprint density at radius 3 is 3.06 bits per heavy atom. The summed E-state index contributed by atoms with van der Waals surface area (Å²) in [7, 11) is 0. The molecule has 1 N–H and O–H groups in total. The number of rotatable bonds is 3. The second kappa shape index (κ2) is 5.15. The number of nitrogens with zero attached hydrogens (tertiary/aromatic N) is 2. The molecule has 0 aliphatic carbocycles. The van der Waals surface area contributed by atoms with E-state index in [0.717, 1.165) is 25.1 Å². The van der Waals surface area contributed by atoms with Crippen LogP contribution < -0.4 is 5.32 Å². The SMILES string of the molecule is Cc1ccc(C#N)c(NC(C)C2CCCO2)n1.